The number of halogens is 7. The molecule has 0 aliphatic carbocycles. The molecular formula is C24H19BrClF5N6O4. The number of aromatic nitrogens is 6. The minimum Gasteiger partial charge on any atom is -0.394 e. The van der Waals surface area contributed by atoms with E-state index in [9.17, 15) is 37.3 Å². The van der Waals surface area contributed by atoms with Crippen molar-refractivity contribution in [1.29, 1.82) is 0 Å². The molecule has 1 saturated heterocycles. The van der Waals surface area contributed by atoms with Gasteiger partial charge in [-0.3, -0.25) is 0 Å². The van der Waals surface area contributed by atoms with E-state index in [1.807, 2.05) is 0 Å². The standard InChI is InChI=1S/C24H19BrClF5N6O4/c1-9-32-23(37(34-9)16-6-11(26)2-3-12(16)24(29,30)31)22-21(40)19(20(39)17(8-38)41-22)36-7-15(33-35-36)10-4-13(27)18(25)14(28)5-10/h2-7,17,19-22,38-40H,8H2,1H3/t17-,19+,20+,21-,22-/m1/s1. The number of aliphatic hydroxyl groups is 3. The van der Waals surface area contributed by atoms with Gasteiger partial charge in [0.05, 0.1) is 28.5 Å². The predicted molar refractivity (Wildman–Crippen MR) is 135 cm³/mol. The first-order chi connectivity index (χ1) is 19.3. The van der Waals surface area contributed by atoms with Crippen LogP contribution in [0.1, 0.15) is 29.4 Å². The van der Waals surface area contributed by atoms with Crippen LogP contribution in [-0.4, -0.2) is 70.0 Å². The molecule has 10 nitrogen and oxygen atoms in total. The van der Waals surface area contributed by atoms with Gasteiger partial charge in [0.2, 0.25) is 0 Å². The van der Waals surface area contributed by atoms with E-state index < -0.39 is 66.1 Å². The van der Waals surface area contributed by atoms with Crippen molar-refractivity contribution >= 4 is 27.5 Å². The van der Waals surface area contributed by atoms with Gasteiger partial charge in [-0.1, -0.05) is 16.8 Å². The molecule has 0 radical (unpaired) electrons. The van der Waals surface area contributed by atoms with E-state index in [1.165, 1.54) is 13.1 Å². The average molecular weight is 666 g/mol. The van der Waals surface area contributed by atoms with Gasteiger partial charge in [0.1, 0.15) is 53.6 Å². The molecule has 4 aromatic rings. The Morgan fingerprint density at radius 3 is 2.41 bits per heavy atom. The summed E-state index contributed by atoms with van der Waals surface area (Å²) in [7, 11) is 0. The van der Waals surface area contributed by atoms with Crippen LogP contribution in [-0.2, 0) is 10.9 Å². The fraction of sp³-hybridized carbons (Fsp3) is 0.333. The van der Waals surface area contributed by atoms with Crippen LogP contribution in [0.25, 0.3) is 16.9 Å². The molecule has 0 unspecified atom stereocenters. The Kier molecular flexibility index (Phi) is 7.90. The maximum Gasteiger partial charge on any atom is 0.418 e. The van der Waals surface area contributed by atoms with Gasteiger partial charge in [0.25, 0.3) is 0 Å². The molecule has 41 heavy (non-hydrogen) atoms. The summed E-state index contributed by atoms with van der Waals surface area (Å²) in [6.07, 6.45) is -9.86. The fourth-order valence-electron chi connectivity index (χ4n) is 4.60. The first-order valence-electron chi connectivity index (χ1n) is 11.8. The first kappa shape index (κ1) is 29.5. The molecule has 5 rings (SSSR count). The Morgan fingerprint density at radius 2 is 1.78 bits per heavy atom. The summed E-state index contributed by atoms with van der Waals surface area (Å²) < 4.78 is 77.0. The number of aliphatic hydroxyl groups excluding tert-OH is 3. The fourth-order valence-corrected chi connectivity index (χ4v) is 4.99. The summed E-state index contributed by atoms with van der Waals surface area (Å²) in [5.74, 6) is -2.07. The van der Waals surface area contributed by atoms with E-state index in [-0.39, 0.29) is 32.4 Å². The van der Waals surface area contributed by atoms with Crippen molar-refractivity contribution in [2.75, 3.05) is 6.61 Å². The zero-order chi connectivity index (χ0) is 29.8. The number of aryl methyl sites for hydroxylation is 1. The monoisotopic (exact) mass is 664 g/mol. The van der Waals surface area contributed by atoms with Gasteiger partial charge in [0, 0.05) is 10.6 Å². The third-order valence-electron chi connectivity index (χ3n) is 6.47. The minimum atomic E-state index is -4.81. The van der Waals surface area contributed by atoms with Crippen molar-refractivity contribution in [3.05, 3.63) is 74.9 Å². The Hall–Kier alpha value is -3.02. The second-order valence-corrected chi connectivity index (χ2v) is 10.4. The van der Waals surface area contributed by atoms with Crippen molar-refractivity contribution in [1.82, 2.24) is 29.8 Å². The maximum atomic E-state index is 14.1. The predicted octanol–water partition coefficient (Wildman–Crippen LogP) is 3.94. The molecule has 3 N–H and O–H groups in total. The molecule has 5 atom stereocenters. The summed E-state index contributed by atoms with van der Waals surface area (Å²) >= 11 is 8.77. The van der Waals surface area contributed by atoms with E-state index in [1.54, 1.807) is 0 Å². The molecule has 0 saturated carbocycles. The van der Waals surface area contributed by atoms with Crippen LogP contribution in [0.4, 0.5) is 22.0 Å². The van der Waals surface area contributed by atoms with Crippen molar-refractivity contribution in [2.45, 2.75) is 43.6 Å². The highest BCUT2D eigenvalue weighted by Gasteiger charge is 2.49. The second-order valence-electron chi connectivity index (χ2n) is 9.18. The lowest BCUT2D eigenvalue weighted by Crippen LogP contribution is -2.53. The molecular weight excluding hydrogens is 647 g/mol. The summed E-state index contributed by atoms with van der Waals surface area (Å²) in [5, 5.41) is 44.0. The Morgan fingerprint density at radius 1 is 1.10 bits per heavy atom. The van der Waals surface area contributed by atoms with Crippen LogP contribution in [0.3, 0.4) is 0 Å². The van der Waals surface area contributed by atoms with Crippen LogP contribution in [0, 0.1) is 18.6 Å². The van der Waals surface area contributed by atoms with Crippen LogP contribution >= 0.6 is 27.5 Å². The van der Waals surface area contributed by atoms with Gasteiger partial charge in [-0.2, -0.15) is 18.3 Å². The number of nitrogens with zero attached hydrogens (tertiary/aromatic N) is 6. The lowest BCUT2D eigenvalue weighted by atomic mass is 9.92. The van der Waals surface area contributed by atoms with Crippen molar-refractivity contribution in [3.8, 4) is 16.9 Å². The molecule has 17 heteroatoms. The molecule has 0 bridgehead atoms. The highest BCUT2D eigenvalue weighted by Crippen LogP contribution is 2.41. The molecule has 0 amide bonds. The zero-order valence-corrected chi connectivity index (χ0v) is 23.0. The zero-order valence-electron chi connectivity index (χ0n) is 20.6. The number of hydrogen-bond acceptors (Lipinski definition) is 8. The number of rotatable bonds is 5. The molecule has 2 aromatic heterocycles. The quantitative estimate of drug-likeness (QED) is 0.216. The molecule has 0 spiro atoms. The van der Waals surface area contributed by atoms with Gasteiger partial charge < -0.3 is 20.1 Å². The highest BCUT2D eigenvalue weighted by atomic mass is 79.9. The number of alkyl halides is 3. The molecule has 218 valence electrons. The maximum absolute atomic E-state index is 14.1. The number of ether oxygens (including phenoxy) is 1. The van der Waals surface area contributed by atoms with E-state index in [2.05, 4.69) is 36.3 Å². The van der Waals surface area contributed by atoms with Crippen LogP contribution in [0.15, 0.2) is 41.0 Å². The van der Waals surface area contributed by atoms with Gasteiger partial charge in [-0.05, 0) is 53.2 Å². The van der Waals surface area contributed by atoms with Crippen LogP contribution in [0.2, 0.25) is 5.02 Å². The summed E-state index contributed by atoms with van der Waals surface area (Å²) in [4.78, 5) is 4.18. The third-order valence-corrected chi connectivity index (χ3v) is 7.47. The Bertz CT molecular complexity index is 1580. The molecule has 1 aliphatic rings. The topological polar surface area (TPSA) is 131 Å². The van der Waals surface area contributed by atoms with E-state index in [4.69, 9.17) is 16.3 Å². The largest absolute Gasteiger partial charge is 0.418 e. The third kappa shape index (κ3) is 5.47. The van der Waals surface area contributed by atoms with Gasteiger partial charge in [0.15, 0.2) is 5.82 Å². The van der Waals surface area contributed by atoms with Crippen molar-refractivity contribution in [2.24, 2.45) is 0 Å². The van der Waals surface area contributed by atoms with Gasteiger partial charge in [-0.15, -0.1) is 5.10 Å². The summed E-state index contributed by atoms with van der Waals surface area (Å²) in [5.41, 5.74) is -1.62. The number of hydrogen-bond donors (Lipinski definition) is 3. The highest BCUT2D eigenvalue weighted by molar-refractivity contribution is 9.10. The SMILES string of the molecule is Cc1nc([C@@H]2O[C@H](CO)[C@H](O)[C@H](n3cc(-c4cc(F)c(Br)c(F)c4)nn3)[C@H]2O)n(-c2cc(Cl)ccc2C(F)(F)F)n1. The average Bonchev–Trinajstić information content (AvgIpc) is 3.53. The summed E-state index contributed by atoms with van der Waals surface area (Å²) in [6, 6.07) is 3.43. The Balaban J connectivity index is 1.58. The van der Waals surface area contributed by atoms with Gasteiger partial charge >= 0.3 is 6.18 Å². The molecule has 2 aromatic carbocycles. The van der Waals surface area contributed by atoms with Crippen molar-refractivity contribution in [3.63, 3.8) is 0 Å². The van der Waals surface area contributed by atoms with Crippen molar-refractivity contribution < 1.29 is 42.0 Å². The van der Waals surface area contributed by atoms with E-state index in [0.717, 1.165) is 39.7 Å². The smallest absolute Gasteiger partial charge is 0.394 e. The lowest BCUT2D eigenvalue weighted by molar-refractivity contribution is -0.210. The van der Waals surface area contributed by atoms with E-state index in [0.29, 0.717) is 0 Å². The molecule has 1 aliphatic heterocycles. The Labute approximate surface area is 241 Å². The normalized spacial score (nSPS) is 23.2. The molecule has 3 heterocycles. The lowest BCUT2D eigenvalue weighted by Gasteiger charge is -2.41. The van der Waals surface area contributed by atoms with Gasteiger partial charge in [-0.25, -0.2) is 23.1 Å². The van der Waals surface area contributed by atoms with E-state index >= 15 is 0 Å². The first-order valence-corrected chi connectivity index (χ1v) is 13.0. The molecule has 1 fully saturated rings. The summed E-state index contributed by atoms with van der Waals surface area (Å²) in [6.45, 7) is 0.646. The second kappa shape index (κ2) is 11.0. The van der Waals surface area contributed by atoms with Crippen LogP contribution in [0.5, 0.6) is 0 Å². The van der Waals surface area contributed by atoms with Crippen LogP contribution < -0.4 is 0 Å². The minimum absolute atomic E-state index is 0.00301. The number of benzene rings is 2.